The van der Waals surface area contributed by atoms with E-state index in [2.05, 4.69) is 11.1 Å². The first-order chi connectivity index (χ1) is 12.8. The van der Waals surface area contributed by atoms with E-state index in [0.717, 1.165) is 51.1 Å². The molecule has 0 radical (unpaired) electrons. The van der Waals surface area contributed by atoms with Gasteiger partial charge in [-0.15, -0.1) is 0 Å². The van der Waals surface area contributed by atoms with Crippen LogP contribution in [0.2, 0.25) is 0 Å². The van der Waals surface area contributed by atoms with E-state index in [4.69, 9.17) is 9.47 Å². The van der Waals surface area contributed by atoms with E-state index in [1.54, 1.807) is 12.4 Å². The minimum absolute atomic E-state index is 0.0926. The number of amides is 1. The molecule has 2 fully saturated rings. The van der Waals surface area contributed by atoms with Crippen LogP contribution in [0.4, 0.5) is 0 Å². The third-order valence-electron chi connectivity index (χ3n) is 6.05. The molecule has 1 aromatic rings. The molecule has 0 saturated carbocycles. The van der Waals surface area contributed by atoms with Crippen molar-refractivity contribution in [1.82, 2.24) is 9.88 Å². The zero-order valence-corrected chi connectivity index (χ0v) is 15.4. The molecule has 26 heavy (non-hydrogen) atoms. The quantitative estimate of drug-likeness (QED) is 0.759. The van der Waals surface area contributed by atoms with Crippen molar-refractivity contribution in [3.05, 3.63) is 36.2 Å². The van der Waals surface area contributed by atoms with Crippen molar-refractivity contribution in [2.24, 2.45) is 5.41 Å². The molecule has 1 aromatic heterocycles. The van der Waals surface area contributed by atoms with Gasteiger partial charge in [0.15, 0.2) is 0 Å². The molecule has 140 valence electrons. The van der Waals surface area contributed by atoms with Crippen molar-refractivity contribution >= 4 is 5.91 Å². The van der Waals surface area contributed by atoms with Gasteiger partial charge >= 0.3 is 0 Å². The van der Waals surface area contributed by atoms with E-state index in [-0.39, 0.29) is 17.4 Å². The number of allylic oxidation sites excluding steroid dienone is 1. The van der Waals surface area contributed by atoms with Crippen LogP contribution in [0.25, 0.3) is 0 Å². The summed E-state index contributed by atoms with van der Waals surface area (Å²) in [7, 11) is 0. The van der Waals surface area contributed by atoms with Gasteiger partial charge in [0.05, 0.1) is 24.3 Å². The normalized spacial score (nSPS) is 28.4. The minimum atomic E-state index is -0.0926. The molecule has 0 bridgehead atoms. The van der Waals surface area contributed by atoms with E-state index in [1.165, 1.54) is 18.4 Å². The first-order valence-electron chi connectivity index (χ1n) is 9.85. The number of piperidine rings is 1. The van der Waals surface area contributed by atoms with Crippen molar-refractivity contribution in [1.29, 1.82) is 0 Å². The molecule has 5 nitrogen and oxygen atoms in total. The summed E-state index contributed by atoms with van der Waals surface area (Å²) in [5, 5.41) is 0. The Balaban J connectivity index is 1.41. The second-order valence-corrected chi connectivity index (χ2v) is 7.84. The highest BCUT2D eigenvalue weighted by Crippen LogP contribution is 2.41. The highest BCUT2D eigenvalue weighted by molar-refractivity contribution is 5.79. The maximum absolute atomic E-state index is 12.9. The Bertz CT molecular complexity index is 660. The van der Waals surface area contributed by atoms with Gasteiger partial charge in [-0.2, -0.15) is 0 Å². The van der Waals surface area contributed by atoms with E-state index in [9.17, 15) is 4.79 Å². The average molecular weight is 356 g/mol. The molecule has 1 amide bonds. The Kier molecular flexibility index (Phi) is 5.25. The topological polar surface area (TPSA) is 51.7 Å². The lowest BCUT2D eigenvalue weighted by atomic mass is 9.77. The number of hydrogen-bond donors (Lipinski definition) is 0. The third kappa shape index (κ3) is 3.78. The van der Waals surface area contributed by atoms with Crippen LogP contribution in [0.3, 0.4) is 0 Å². The van der Waals surface area contributed by atoms with Gasteiger partial charge in [0.2, 0.25) is 5.91 Å². The van der Waals surface area contributed by atoms with E-state index in [0.29, 0.717) is 13.0 Å². The minimum Gasteiger partial charge on any atom is -0.491 e. The molecule has 0 aromatic carbocycles. The number of rotatable bonds is 5. The fourth-order valence-electron chi connectivity index (χ4n) is 4.50. The van der Waals surface area contributed by atoms with Gasteiger partial charge in [0.1, 0.15) is 5.75 Å². The molecule has 0 N–H and O–H groups in total. The summed E-state index contributed by atoms with van der Waals surface area (Å²) < 4.78 is 12.0. The predicted molar refractivity (Wildman–Crippen MR) is 98.9 cm³/mol. The maximum atomic E-state index is 12.9. The first kappa shape index (κ1) is 17.5. The molecular formula is C21H28N2O3. The fourth-order valence-corrected chi connectivity index (χ4v) is 4.50. The van der Waals surface area contributed by atoms with Gasteiger partial charge in [-0.05, 0) is 50.7 Å². The lowest BCUT2D eigenvalue weighted by Gasteiger charge is -2.43. The number of carbonyl (C=O) groups is 1. The molecule has 3 heterocycles. The SMILES string of the molecule is O=C(CC1=CCCCC1)N1CC[C@@H]2OCC[C@]2(COc2cccnc2)C1. The van der Waals surface area contributed by atoms with Crippen molar-refractivity contribution in [3.63, 3.8) is 0 Å². The third-order valence-corrected chi connectivity index (χ3v) is 6.05. The van der Waals surface area contributed by atoms with Crippen molar-refractivity contribution in [2.45, 2.75) is 51.0 Å². The van der Waals surface area contributed by atoms with Crippen molar-refractivity contribution < 1.29 is 14.3 Å². The number of aromatic nitrogens is 1. The van der Waals surface area contributed by atoms with Crippen LogP contribution < -0.4 is 4.74 Å². The zero-order valence-electron chi connectivity index (χ0n) is 15.4. The van der Waals surface area contributed by atoms with Gasteiger partial charge in [-0.25, -0.2) is 0 Å². The lowest BCUT2D eigenvalue weighted by Crippen LogP contribution is -2.54. The van der Waals surface area contributed by atoms with Gasteiger partial charge < -0.3 is 14.4 Å². The number of pyridine rings is 1. The summed E-state index contributed by atoms with van der Waals surface area (Å²) in [6.45, 7) is 2.87. The van der Waals surface area contributed by atoms with Crippen LogP contribution in [-0.4, -0.2) is 48.2 Å². The first-order valence-corrected chi connectivity index (χ1v) is 9.85. The van der Waals surface area contributed by atoms with E-state index < -0.39 is 0 Å². The van der Waals surface area contributed by atoms with Crippen LogP contribution in [0.15, 0.2) is 36.2 Å². The monoisotopic (exact) mass is 356 g/mol. The maximum Gasteiger partial charge on any atom is 0.226 e. The smallest absolute Gasteiger partial charge is 0.226 e. The second-order valence-electron chi connectivity index (χ2n) is 7.84. The molecule has 2 aliphatic heterocycles. The van der Waals surface area contributed by atoms with E-state index in [1.807, 2.05) is 17.0 Å². The Morgan fingerprint density at radius 3 is 3.19 bits per heavy atom. The molecule has 2 atom stereocenters. The molecule has 3 aliphatic rings. The summed E-state index contributed by atoms with van der Waals surface area (Å²) in [6, 6.07) is 3.81. The second kappa shape index (κ2) is 7.78. The number of nitrogens with zero attached hydrogens (tertiary/aromatic N) is 2. The number of ether oxygens (including phenoxy) is 2. The molecule has 0 spiro atoms. The van der Waals surface area contributed by atoms with Crippen LogP contribution >= 0.6 is 0 Å². The molecule has 0 unspecified atom stereocenters. The standard InChI is InChI=1S/C21H28N2O3/c24-20(13-17-5-2-1-3-6-17)23-11-8-19-21(15-23,9-12-25-19)16-26-18-7-4-10-22-14-18/h4-5,7,10,14,19H,1-3,6,8-9,11-13,15-16H2/t19-,21+/m0/s1. The summed E-state index contributed by atoms with van der Waals surface area (Å²) >= 11 is 0. The van der Waals surface area contributed by atoms with Crippen LogP contribution in [0.1, 0.15) is 44.9 Å². The number of carbonyl (C=O) groups excluding carboxylic acids is 1. The molecule has 1 aliphatic carbocycles. The van der Waals surface area contributed by atoms with Crippen molar-refractivity contribution in [3.8, 4) is 5.75 Å². The van der Waals surface area contributed by atoms with Crippen LogP contribution in [-0.2, 0) is 9.53 Å². The number of likely N-dealkylation sites (tertiary alicyclic amines) is 1. The summed E-state index contributed by atoms with van der Waals surface area (Å²) in [6.07, 6.45) is 13.1. The molecule has 4 rings (SSSR count). The highest BCUT2D eigenvalue weighted by Gasteiger charge is 2.49. The van der Waals surface area contributed by atoms with Crippen LogP contribution in [0, 0.1) is 5.41 Å². The highest BCUT2D eigenvalue weighted by atomic mass is 16.5. The average Bonchev–Trinajstić information content (AvgIpc) is 3.11. The molecular weight excluding hydrogens is 328 g/mol. The Labute approximate surface area is 155 Å². The fraction of sp³-hybridized carbons (Fsp3) is 0.619. The zero-order chi connectivity index (χ0) is 17.8. The number of hydrogen-bond acceptors (Lipinski definition) is 4. The lowest BCUT2D eigenvalue weighted by molar-refractivity contribution is -0.137. The summed E-state index contributed by atoms with van der Waals surface area (Å²) in [5.41, 5.74) is 1.23. The Hall–Kier alpha value is -1.88. The predicted octanol–water partition coefficient (Wildman–Crippen LogP) is 3.36. The van der Waals surface area contributed by atoms with Gasteiger partial charge in [0, 0.05) is 32.3 Å². The Morgan fingerprint density at radius 2 is 2.38 bits per heavy atom. The molecule has 5 heteroatoms. The summed E-state index contributed by atoms with van der Waals surface area (Å²) in [5.74, 6) is 1.05. The molecule has 2 saturated heterocycles. The van der Waals surface area contributed by atoms with Gasteiger partial charge in [-0.3, -0.25) is 9.78 Å². The van der Waals surface area contributed by atoms with Gasteiger partial charge in [-0.1, -0.05) is 11.6 Å². The number of fused-ring (bicyclic) bond motifs is 1. The van der Waals surface area contributed by atoms with Crippen molar-refractivity contribution in [2.75, 3.05) is 26.3 Å². The van der Waals surface area contributed by atoms with Gasteiger partial charge in [0.25, 0.3) is 0 Å². The van der Waals surface area contributed by atoms with E-state index >= 15 is 0 Å². The summed E-state index contributed by atoms with van der Waals surface area (Å²) in [4.78, 5) is 19.0. The van der Waals surface area contributed by atoms with Crippen LogP contribution in [0.5, 0.6) is 5.75 Å². The Morgan fingerprint density at radius 1 is 1.42 bits per heavy atom. The largest absolute Gasteiger partial charge is 0.491 e.